The van der Waals surface area contributed by atoms with Gasteiger partial charge >= 0.3 is 5.97 Å². The van der Waals surface area contributed by atoms with Crippen LogP contribution in [0.2, 0.25) is 0 Å². The third-order valence-electron chi connectivity index (χ3n) is 4.20. The number of unbranched alkanes of at least 4 members (excludes halogenated alkanes) is 14. The van der Waals surface area contributed by atoms with E-state index in [-0.39, 0.29) is 0 Å². The minimum atomic E-state index is -0.663. The number of hydrogen-bond acceptors (Lipinski definition) is 1. The minimum Gasteiger partial charge on any atom is -0.481 e. The standard InChI is InChI=1S/C11H24.C10H20O2/c1-3-5-7-9-11-10-8-6-4-2;1-2-3-4-5-6-7-8-9-10(11)12/h3-11H2,1-2H3;2-9H2,1H3,(H,11,12). The van der Waals surface area contributed by atoms with Gasteiger partial charge in [0.1, 0.15) is 0 Å². The van der Waals surface area contributed by atoms with E-state index in [1.54, 1.807) is 0 Å². The van der Waals surface area contributed by atoms with Gasteiger partial charge in [-0.25, -0.2) is 0 Å². The fraction of sp³-hybridized carbons (Fsp3) is 0.952. The van der Waals surface area contributed by atoms with Crippen LogP contribution in [0.3, 0.4) is 0 Å². The van der Waals surface area contributed by atoms with E-state index in [0.29, 0.717) is 6.42 Å². The van der Waals surface area contributed by atoms with E-state index in [4.69, 9.17) is 5.11 Å². The largest absolute Gasteiger partial charge is 0.481 e. The summed E-state index contributed by atoms with van der Waals surface area (Å²) in [6, 6.07) is 0. The van der Waals surface area contributed by atoms with Gasteiger partial charge in [-0.15, -0.1) is 0 Å². The van der Waals surface area contributed by atoms with Gasteiger partial charge < -0.3 is 5.11 Å². The Morgan fingerprint density at radius 1 is 0.522 bits per heavy atom. The molecule has 1 N–H and O–H groups in total. The molecule has 0 spiro atoms. The maximum absolute atomic E-state index is 10.1. The van der Waals surface area contributed by atoms with Crippen molar-refractivity contribution >= 4 is 5.97 Å². The number of rotatable bonds is 16. The summed E-state index contributed by atoms with van der Waals surface area (Å²) in [4.78, 5) is 10.1. The quantitative estimate of drug-likeness (QED) is 0.294. The second kappa shape index (κ2) is 23.7. The van der Waals surface area contributed by atoms with Gasteiger partial charge in [0.25, 0.3) is 0 Å². The molecule has 0 rings (SSSR count). The van der Waals surface area contributed by atoms with Crippen molar-refractivity contribution in [1.82, 2.24) is 0 Å². The molecule has 2 heteroatoms. The molecule has 0 saturated carbocycles. The van der Waals surface area contributed by atoms with E-state index in [1.807, 2.05) is 0 Å². The minimum absolute atomic E-state index is 0.341. The smallest absolute Gasteiger partial charge is 0.303 e. The van der Waals surface area contributed by atoms with E-state index in [2.05, 4.69) is 20.8 Å². The second-order valence-electron chi connectivity index (χ2n) is 6.74. The highest BCUT2D eigenvalue weighted by atomic mass is 16.4. The van der Waals surface area contributed by atoms with Crippen molar-refractivity contribution in [3.63, 3.8) is 0 Å². The van der Waals surface area contributed by atoms with Crippen molar-refractivity contribution < 1.29 is 9.90 Å². The van der Waals surface area contributed by atoms with E-state index < -0.39 is 5.97 Å². The van der Waals surface area contributed by atoms with Gasteiger partial charge in [0, 0.05) is 6.42 Å². The molecule has 0 amide bonds. The molecule has 0 bridgehead atoms. The van der Waals surface area contributed by atoms with Crippen LogP contribution in [0.4, 0.5) is 0 Å². The summed E-state index contributed by atoms with van der Waals surface area (Å²) in [5.74, 6) is -0.663. The Kier molecular flexibility index (Phi) is 25.5. The lowest BCUT2D eigenvalue weighted by Crippen LogP contribution is -1.93. The molecule has 0 radical (unpaired) electrons. The average molecular weight is 329 g/mol. The van der Waals surface area contributed by atoms with Crippen LogP contribution in [-0.2, 0) is 4.79 Å². The summed E-state index contributed by atoms with van der Waals surface area (Å²) in [7, 11) is 0. The lowest BCUT2D eigenvalue weighted by atomic mass is 10.1. The van der Waals surface area contributed by atoms with Gasteiger partial charge in [-0.3, -0.25) is 4.79 Å². The molecule has 0 fully saturated rings. The van der Waals surface area contributed by atoms with Crippen LogP contribution in [-0.4, -0.2) is 11.1 Å². The van der Waals surface area contributed by atoms with Crippen molar-refractivity contribution in [3.8, 4) is 0 Å². The molecule has 0 aliphatic rings. The van der Waals surface area contributed by atoms with Crippen LogP contribution in [0.15, 0.2) is 0 Å². The first-order valence-electron chi connectivity index (χ1n) is 10.4. The molecule has 0 aromatic rings. The molecule has 0 aliphatic heterocycles. The summed E-state index contributed by atoms with van der Waals surface area (Å²) >= 11 is 0. The Hall–Kier alpha value is -0.530. The van der Waals surface area contributed by atoms with Gasteiger partial charge in [-0.2, -0.15) is 0 Å². The molecule has 0 heterocycles. The van der Waals surface area contributed by atoms with E-state index >= 15 is 0 Å². The molecule has 0 unspecified atom stereocenters. The molecule has 0 saturated heterocycles. The highest BCUT2D eigenvalue weighted by Gasteiger charge is 1.95. The highest BCUT2D eigenvalue weighted by molar-refractivity contribution is 5.66. The Morgan fingerprint density at radius 3 is 1.04 bits per heavy atom. The third-order valence-corrected chi connectivity index (χ3v) is 4.20. The maximum Gasteiger partial charge on any atom is 0.303 e. The fourth-order valence-electron chi connectivity index (χ4n) is 2.62. The van der Waals surface area contributed by atoms with Crippen molar-refractivity contribution in [2.45, 2.75) is 130 Å². The van der Waals surface area contributed by atoms with Crippen LogP contribution >= 0.6 is 0 Å². The monoisotopic (exact) mass is 328 g/mol. The first kappa shape index (κ1) is 24.7. The average Bonchev–Trinajstić information content (AvgIpc) is 2.54. The van der Waals surface area contributed by atoms with Crippen molar-refractivity contribution in [2.24, 2.45) is 0 Å². The van der Waals surface area contributed by atoms with Crippen molar-refractivity contribution in [1.29, 1.82) is 0 Å². The number of carboxylic acids is 1. The molecule has 140 valence electrons. The molecule has 23 heavy (non-hydrogen) atoms. The fourth-order valence-corrected chi connectivity index (χ4v) is 2.62. The first-order chi connectivity index (χ1) is 11.2. The summed E-state index contributed by atoms with van der Waals surface area (Å²) in [6.07, 6.45) is 21.6. The van der Waals surface area contributed by atoms with E-state index in [9.17, 15) is 4.79 Å². The number of hydrogen-bond donors (Lipinski definition) is 1. The zero-order valence-electron chi connectivity index (χ0n) is 16.4. The van der Waals surface area contributed by atoms with E-state index in [1.165, 1.54) is 89.9 Å². The zero-order valence-corrected chi connectivity index (χ0v) is 16.4. The molecule has 2 nitrogen and oxygen atoms in total. The first-order valence-corrected chi connectivity index (χ1v) is 10.4. The van der Waals surface area contributed by atoms with Crippen LogP contribution in [0.25, 0.3) is 0 Å². The van der Waals surface area contributed by atoms with Gasteiger partial charge in [0.05, 0.1) is 0 Å². The SMILES string of the molecule is CCCCCCCCCC(=O)O.CCCCCCCCCCC. The third kappa shape index (κ3) is 30.0. The molecular formula is C21H44O2. The zero-order chi connectivity index (χ0) is 17.6. The van der Waals surface area contributed by atoms with Crippen molar-refractivity contribution in [3.05, 3.63) is 0 Å². The summed E-state index contributed by atoms with van der Waals surface area (Å²) in [5, 5.41) is 8.35. The van der Waals surface area contributed by atoms with Gasteiger partial charge in [-0.1, -0.05) is 117 Å². The van der Waals surface area contributed by atoms with Crippen LogP contribution in [0.1, 0.15) is 130 Å². The molecule has 0 aromatic heterocycles. The normalized spacial score (nSPS) is 10.2. The van der Waals surface area contributed by atoms with Gasteiger partial charge in [0.2, 0.25) is 0 Å². The molecule has 0 aliphatic carbocycles. The second-order valence-corrected chi connectivity index (χ2v) is 6.74. The molecular weight excluding hydrogens is 284 g/mol. The predicted molar refractivity (Wildman–Crippen MR) is 103 cm³/mol. The predicted octanol–water partition coefficient (Wildman–Crippen LogP) is 7.75. The van der Waals surface area contributed by atoms with Gasteiger partial charge in [0.15, 0.2) is 0 Å². The number of carbonyl (C=O) groups is 1. The Bertz CT molecular complexity index is 206. The Labute approximate surface area is 146 Å². The molecule has 0 aromatic carbocycles. The van der Waals surface area contributed by atoms with Crippen molar-refractivity contribution in [2.75, 3.05) is 0 Å². The summed E-state index contributed by atoms with van der Waals surface area (Å²) < 4.78 is 0. The number of carboxylic acid groups (broad SMARTS) is 1. The van der Waals surface area contributed by atoms with Crippen LogP contribution < -0.4 is 0 Å². The lowest BCUT2D eigenvalue weighted by molar-refractivity contribution is -0.137. The summed E-state index contributed by atoms with van der Waals surface area (Å²) in [5.41, 5.74) is 0. The lowest BCUT2D eigenvalue weighted by Gasteiger charge is -1.98. The molecule has 0 atom stereocenters. The topological polar surface area (TPSA) is 37.3 Å². The van der Waals surface area contributed by atoms with E-state index in [0.717, 1.165) is 12.8 Å². The Morgan fingerprint density at radius 2 is 0.783 bits per heavy atom. The van der Waals surface area contributed by atoms with Crippen LogP contribution in [0, 0.1) is 0 Å². The summed E-state index contributed by atoms with van der Waals surface area (Å²) in [6.45, 7) is 6.75. The highest BCUT2D eigenvalue weighted by Crippen LogP contribution is 2.09. The number of aliphatic carboxylic acids is 1. The Balaban J connectivity index is 0. The maximum atomic E-state index is 10.1. The van der Waals surface area contributed by atoms with Crippen LogP contribution in [0.5, 0.6) is 0 Å². The van der Waals surface area contributed by atoms with Gasteiger partial charge in [-0.05, 0) is 6.42 Å².